The molecule has 0 unspecified atom stereocenters. The number of halogens is 2. The van der Waals surface area contributed by atoms with E-state index in [2.05, 4.69) is 20.9 Å². The molecule has 3 nitrogen and oxygen atoms in total. The predicted octanol–water partition coefficient (Wildman–Crippen LogP) is 1.81. The van der Waals surface area contributed by atoms with Crippen LogP contribution in [0.3, 0.4) is 0 Å². The fraction of sp³-hybridized carbons (Fsp3) is 0.167. The summed E-state index contributed by atoms with van der Waals surface area (Å²) in [7, 11) is 1.68. The molecule has 0 bridgehead atoms. The number of anilines is 1. The minimum Gasteiger partial charge on any atom is -0.297 e. The zero-order valence-corrected chi connectivity index (χ0v) is 8.22. The number of pyridine rings is 1. The smallest absolute Gasteiger partial charge is 0.161 e. The van der Waals surface area contributed by atoms with Gasteiger partial charge < -0.3 is 0 Å². The first-order chi connectivity index (χ1) is 5.11. The third-order valence-corrected chi connectivity index (χ3v) is 1.83. The normalized spacial score (nSPS) is 9.82. The van der Waals surface area contributed by atoms with E-state index in [1.54, 1.807) is 19.3 Å². The Hall–Kier alpha value is -0.320. The van der Waals surface area contributed by atoms with Crippen LogP contribution in [0.4, 0.5) is 5.82 Å². The first-order valence-electron chi connectivity index (χ1n) is 2.90. The molecule has 0 aliphatic heterocycles. The zero-order valence-electron chi connectivity index (χ0n) is 5.88. The Kier molecular flexibility index (Phi) is 2.70. The average Bonchev–Trinajstić information content (AvgIpc) is 1.85. The Morgan fingerprint density at radius 3 is 2.82 bits per heavy atom. The SMILES string of the molecule is CN(N)c1ncc(Br)cc1Cl. The number of aromatic nitrogens is 1. The van der Waals surface area contributed by atoms with E-state index in [-0.39, 0.29) is 0 Å². The molecule has 2 N–H and O–H groups in total. The summed E-state index contributed by atoms with van der Waals surface area (Å²) in [6.45, 7) is 0. The van der Waals surface area contributed by atoms with Crippen LogP contribution in [-0.4, -0.2) is 12.0 Å². The minimum absolute atomic E-state index is 0.532. The molecule has 0 aromatic carbocycles. The van der Waals surface area contributed by atoms with Crippen LogP contribution < -0.4 is 10.9 Å². The van der Waals surface area contributed by atoms with E-state index in [1.807, 2.05) is 0 Å². The minimum atomic E-state index is 0.532. The fourth-order valence-corrected chi connectivity index (χ4v) is 1.43. The second-order valence-electron chi connectivity index (χ2n) is 2.07. The van der Waals surface area contributed by atoms with Crippen molar-refractivity contribution in [2.24, 2.45) is 5.84 Å². The quantitative estimate of drug-likeness (QED) is 0.597. The Bertz CT molecular complexity index is 264. The molecule has 1 rings (SSSR count). The van der Waals surface area contributed by atoms with Crippen molar-refractivity contribution >= 4 is 33.3 Å². The largest absolute Gasteiger partial charge is 0.297 e. The lowest BCUT2D eigenvalue weighted by Gasteiger charge is -2.11. The average molecular weight is 236 g/mol. The van der Waals surface area contributed by atoms with E-state index < -0.39 is 0 Å². The molecule has 0 saturated heterocycles. The van der Waals surface area contributed by atoms with Gasteiger partial charge in [-0.05, 0) is 22.0 Å². The zero-order chi connectivity index (χ0) is 8.43. The maximum Gasteiger partial charge on any atom is 0.161 e. The molecule has 0 aliphatic carbocycles. The predicted molar refractivity (Wildman–Crippen MR) is 49.5 cm³/mol. The van der Waals surface area contributed by atoms with Crippen molar-refractivity contribution in [1.29, 1.82) is 0 Å². The summed E-state index contributed by atoms with van der Waals surface area (Å²) in [6.07, 6.45) is 1.64. The highest BCUT2D eigenvalue weighted by Gasteiger charge is 2.03. The van der Waals surface area contributed by atoms with Gasteiger partial charge in [-0.3, -0.25) is 5.01 Å². The second-order valence-corrected chi connectivity index (χ2v) is 3.39. The van der Waals surface area contributed by atoms with Crippen molar-refractivity contribution < 1.29 is 0 Å². The van der Waals surface area contributed by atoms with Crippen molar-refractivity contribution in [3.63, 3.8) is 0 Å². The van der Waals surface area contributed by atoms with E-state index in [1.165, 1.54) is 5.01 Å². The summed E-state index contributed by atoms with van der Waals surface area (Å²) in [4.78, 5) is 4.00. The highest BCUT2D eigenvalue weighted by molar-refractivity contribution is 9.10. The van der Waals surface area contributed by atoms with Gasteiger partial charge in [-0.15, -0.1) is 0 Å². The van der Waals surface area contributed by atoms with Gasteiger partial charge in [0.1, 0.15) is 0 Å². The molecule has 0 spiro atoms. The van der Waals surface area contributed by atoms with Crippen LogP contribution in [0.15, 0.2) is 16.7 Å². The third kappa shape index (κ3) is 2.05. The Morgan fingerprint density at radius 1 is 1.73 bits per heavy atom. The van der Waals surface area contributed by atoms with E-state index in [4.69, 9.17) is 17.4 Å². The lowest BCUT2D eigenvalue weighted by Crippen LogP contribution is -2.26. The standard InChI is InChI=1S/C6H7BrClN3/c1-11(9)6-5(8)2-4(7)3-10-6/h2-3H,9H2,1H3. The van der Waals surface area contributed by atoms with E-state index >= 15 is 0 Å². The lowest BCUT2D eigenvalue weighted by atomic mass is 10.4. The van der Waals surface area contributed by atoms with Crippen molar-refractivity contribution in [1.82, 2.24) is 4.98 Å². The first-order valence-corrected chi connectivity index (χ1v) is 4.08. The molecule has 0 amide bonds. The topological polar surface area (TPSA) is 42.1 Å². The van der Waals surface area contributed by atoms with Gasteiger partial charge in [0.25, 0.3) is 0 Å². The fourth-order valence-electron chi connectivity index (χ4n) is 0.667. The maximum atomic E-state index is 5.81. The van der Waals surface area contributed by atoms with Crippen LogP contribution in [-0.2, 0) is 0 Å². The van der Waals surface area contributed by atoms with Gasteiger partial charge in [-0.25, -0.2) is 10.8 Å². The number of rotatable bonds is 1. The monoisotopic (exact) mass is 235 g/mol. The van der Waals surface area contributed by atoms with Gasteiger partial charge in [0.2, 0.25) is 0 Å². The summed E-state index contributed by atoms with van der Waals surface area (Å²) in [5.41, 5.74) is 0. The molecule has 11 heavy (non-hydrogen) atoms. The second kappa shape index (κ2) is 3.38. The van der Waals surface area contributed by atoms with E-state index in [0.717, 1.165) is 4.47 Å². The van der Waals surface area contributed by atoms with Gasteiger partial charge in [-0.1, -0.05) is 11.6 Å². The summed E-state index contributed by atoms with van der Waals surface area (Å²) in [5, 5.41) is 1.90. The van der Waals surface area contributed by atoms with Crippen LogP contribution in [0.1, 0.15) is 0 Å². The Balaban J connectivity index is 3.09. The first kappa shape index (κ1) is 8.77. The number of nitrogens with two attached hydrogens (primary N) is 1. The molecule has 1 aromatic heterocycles. The molecule has 5 heteroatoms. The summed E-state index contributed by atoms with van der Waals surface area (Å²) in [5.74, 6) is 6.00. The molecule has 0 radical (unpaired) electrons. The van der Waals surface area contributed by atoms with Crippen LogP contribution in [0.25, 0.3) is 0 Å². The van der Waals surface area contributed by atoms with Crippen LogP contribution in [0.5, 0.6) is 0 Å². The van der Waals surface area contributed by atoms with Crippen molar-refractivity contribution in [2.45, 2.75) is 0 Å². The van der Waals surface area contributed by atoms with Gasteiger partial charge >= 0.3 is 0 Å². The maximum absolute atomic E-state index is 5.81. The Labute approximate surface area is 78.3 Å². The number of hydrazine groups is 1. The highest BCUT2D eigenvalue weighted by atomic mass is 79.9. The van der Waals surface area contributed by atoms with Crippen molar-refractivity contribution in [3.05, 3.63) is 21.8 Å². The summed E-state index contributed by atoms with van der Waals surface area (Å²) < 4.78 is 0.841. The molecule has 1 heterocycles. The van der Waals surface area contributed by atoms with Crippen molar-refractivity contribution in [3.8, 4) is 0 Å². The van der Waals surface area contributed by atoms with Crippen LogP contribution in [0.2, 0.25) is 5.02 Å². The summed E-state index contributed by atoms with van der Waals surface area (Å²) >= 11 is 9.05. The molecule has 0 saturated carbocycles. The van der Waals surface area contributed by atoms with Crippen LogP contribution in [0, 0.1) is 0 Å². The van der Waals surface area contributed by atoms with E-state index in [0.29, 0.717) is 10.8 Å². The number of nitrogens with zero attached hydrogens (tertiary/aromatic N) is 2. The summed E-state index contributed by atoms with van der Waals surface area (Å²) in [6, 6.07) is 1.74. The molecular formula is C6H7BrClN3. The van der Waals surface area contributed by atoms with Gasteiger partial charge in [0.15, 0.2) is 5.82 Å². The number of hydrogen-bond donors (Lipinski definition) is 1. The van der Waals surface area contributed by atoms with Gasteiger partial charge in [0.05, 0.1) is 5.02 Å². The Morgan fingerprint density at radius 2 is 2.36 bits per heavy atom. The van der Waals surface area contributed by atoms with Gasteiger partial charge in [-0.2, -0.15) is 0 Å². The highest BCUT2D eigenvalue weighted by Crippen LogP contribution is 2.23. The van der Waals surface area contributed by atoms with Gasteiger partial charge in [0, 0.05) is 17.7 Å². The lowest BCUT2D eigenvalue weighted by molar-refractivity contribution is 0.976. The molecule has 0 fully saturated rings. The molecule has 0 atom stereocenters. The van der Waals surface area contributed by atoms with Crippen LogP contribution >= 0.6 is 27.5 Å². The molecule has 60 valence electrons. The molecular weight excluding hydrogens is 229 g/mol. The molecule has 1 aromatic rings. The molecule has 0 aliphatic rings. The number of hydrogen-bond acceptors (Lipinski definition) is 3. The third-order valence-electron chi connectivity index (χ3n) is 1.12. The van der Waals surface area contributed by atoms with Crippen molar-refractivity contribution in [2.75, 3.05) is 12.1 Å². The van der Waals surface area contributed by atoms with E-state index in [9.17, 15) is 0 Å².